The van der Waals surface area contributed by atoms with Crippen molar-refractivity contribution in [3.05, 3.63) is 23.7 Å². The van der Waals surface area contributed by atoms with Crippen molar-refractivity contribution >= 4 is 11.2 Å². The van der Waals surface area contributed by atoms with E-state index in [2.05, 4.69) is 15.0 Å². The Morgan fingerprint density at radius 3 is 2.64 bits per heavy atom. The van der Waals surface area contributed by atoms with E-state index in [1.807, 2.05) is 19.1 Å². The van der Waals surface area contributed by atoms with Gasteiger partial charge in [0.25, 0.3) is 0 Å². The molecule has 0 aliphatic rings. The summed E-state index contributed by atoms with van der Waals surface area (Å²) in [6, 6.07) is 3.73. The lowest BCUT2D eigenvalue weighted by Crippen LogP contribution is -2.10. The van der Waals surface area contributed by atoms with E-state index >= 15 is 0 Å². The van der Waals surface area contributed by atoms with Gasteiger partial charge in [0.2, 0.25) is 0 Å². The number of alkyl halides is 1. The third-order valence-electron chi connectivity index (χ3n) is 2.05. The van der Waals surface area contributed by atoms with Gasteiger partial charge in [0.15, 0.2) is 11.3 Å². The summed E-state index contributed by atoms with van der Waals surface area (Å²) in [7, 11) is 0. The van der Waals surface area contributed by atoms with Crippen molar-refractivity contribution in [2.45, 2.75) is 26.4 Å². The second-order valence-electron chi connectivity index (χ2n) is 3.88. The number of halogens is 1. The number of pyridine rings is 1. The van der Waals surface area contributed by atoms with Gasteiger partial charge in [0.1, 0.15) is 5.82 Å². The van der Waals surface area contributed by atoms with Crippen LogP contribution in [-0.2, 0) is 5.67 Å². The van der Waals surface area contributed by atoms with E-state index in [0.29, 0.717) is 11.5 Å². The number of nitrogens with zero attached hydrogens (tertiary/aromatic N) is 2. The fourth-order valence-corrected chi connectivity index (χ4v) is 1.27. The third-order valence-corrected chi connectivity index (χ3v) is 2.05. The lowest BCUT2D eigenvalue weighted by atomic mass is 10.2. The number of rotatable bonds is 1. The molecule has 4 heteroatoms. The minimum Gasteiger partial charge on any atom is -0.338 e. The van der Waals surface area contributed by atoms with Crippen LogP contribution in [0.4, 0.5) is 4.39 Å². The van der Waals surface area contributed by atoms with Crippen LogP contribution in [-0.4, -0.2) is 15.0 Å². The maximum Gasteiger partial charge on any atom is 0.178 e. The van der Waals surface area contributed by atoms with E-state index in [4.69, 9.17) is 0 Å². The van der Waals surface area contributed by atoms with E-state index in [0.717, 1.165) is 11.2 Å². The van der Waals surface area contributed by atoms with Crippen molar-refractivity contribution in [3.8, 4) is 0 Å². The highest BCUT2D eigenvalue weighted by molar-refractivity contribution is 5.70. The first-order valence-electron chi connectivity index (χ1n) is 4.49. The normalized spacial score (nSPS) is 12.3. The molecule has 0 saturated heterocycles. The molecule has 0 radical (unpaired) electrons. The van der Waals surface area contributed by atoms with Crippen LogP contribution in [0.1, 0.15) is 25.4 Å². The lowest BCUT2D eigenvalue weighted by Gasteiger charge is -2.08. The monoisotopic (exact) mass is 193 g/mol. The van der Waals surface area contributed by atoms with Crippen LogP contribution in [0.2, 0.25) is 0 Å². The number of aromatic nitrogens is 3. The Kier molecular flexibility index (Phi) is 1.80. The second kappa shape index (κ2) is 2.77. The van der Waals surface area contributed by atoms with Gasteiger partial charge in [0, 0.05) is 5.69 Å². The van der Waals surface area contributed by atoms with Crippen molar-refractivity contribution in [1.82, 2.24) is 15.0 Å². The van der Waals surface area contributed by atoms with Crippen molar-refractivity contribution in [2.75, 3.05) is 0 Å². The second-order valence-corrected chi connectivity index (χ2v) is 3.88. The highest BCUT2D eigenvalue weighted by Gasteiger charge is 2.23. The molecular formula is C10H12FN3. The molecule has 2 aromatic heterocycles. The fraction of sp³-hybridized carbons (Fsp3) is 0.400. The Hall–Kier alpha value is -1.45. The molecule has 2 heterocycles. The highest BCUT2D eigenvalue weighted by Crippen LogP contribution is 2.23. The minimum absolute atomic E-state index is 0.325. The summed E-state index contributed by atoms with van der Waals surface area (Å²) in [6.07, 6.45) is 0. The average molecular weight is 193 g/mol. The molecule has 0 aromatic carbocycles. The standard InChI is InChI=1S/C10H12FN3/c1-6-4-5-7-8(12-6)14-9(13-7)10(2,3)11/h4-5H,1-3H3,(H,12,13,14). The predicted octanol–water partition coefficient (Wildman–Crippen LogP) is 2.47. The van der Waals surface area contributed by atoms with Crippen LogP contribution < -0.4 is 0 Å². The first kappa shape index (κ1) is 9.12. The number of aromatic amines is 1. The molecule has 0 aliphatic heterocycles. The fourth-order valence-electron chi connectivity index (χ4n) is 1.27. The maximum atomic E-state index is 13.5. The molecule has 2 aromatic rings. The van der Waals surface area contributed by atoms with Gasteiger partial charge in [-0.1, -0.05) is 0 Å². The van der Waals surface area contributed by atoms with Gasteiger partial charge in [-0.15, -0.1) is 0 Å². The zero-order valence-corrected chi connectivity index (χ0v) is 8.43. The molecule has 0 bridgehead atoms. The molecule has 0 saturated carbocycles. The van der Waals surface area contributed by atoms with Crippen LogP contribution in [0.25, 0.3) is 11.2 Å². The molecule has 0 atom stereocenters. The van der Waals surface area contributed by atoms with Gasteiger partial charge in [0.05, 0.1) is 5.52 Å². The number of aryl methyl sites for hydroxylation is 1. The van der Waals surface area contributed by atoms with Crippen molar-refractivity contribution in [3.63, 3.8) is 0 Å². The van der Waals surface area contributed by atoms with Crippen LogP contribution in [0.5, 0.6) is 0 Å². The summed E-state index contributed by atoms with van der Waals surface area (Å²) in [5.74, 6) is 0.325. The van der Waals surface area contributed by atoms with Crippen LogP contribution >= 0.6 is 0 Å². The Labute approximate surface area is 81.4 Å². The summed E-state index contributed by atoms with van der Waals surface area (Å²) >= 11 is 0. The third kappa shape index (κ3) is 1.47. The lowest BCUT2D eigenvalue weighted by molar-refractivity contribution is 0.208. The quantitative estimate of drug-likeness (QED) is 0.755. The summed E-state index contributed by atoms with van der Waals surface area (Å²) in [5, 5.41) is 0. The van der Waals surface area contributed by atoms with Gasteiger partial charge in [-0.05, 0) is 32.9 Å². The first-order valence-corrected chi connectivity index (χ1v) is 4.49. The molecule has 2 rings (SSSR count). The minimum atomic E-state index is -1.45. The zero-order valence-electron chi connectivity index (χ0n) is 8.43. The zero-order chi connectivity index (χ0) is 10.3. The summed E-state index contributed by atoms with van der Waals surface area (Å²) < 4.78 is 13.5. The first-order chi connectivity index (χ1) is 6.47. The molecule has 0 amide bonds. The smallest absolute Gasteiger partial charge is 0.178 e. The number of fused-ring (bicyclic) bond motifs is 1. The van der Waals surface area contributed by atoms with Crippen LogP contribution in [0, 0.1) is 6.92 Å². The highest BCUT2D eigenvalue weighted by atomic mass is 19.1. The van der Waals surface area contributed by atoms with E-state index < -0.39 is 5.67 Å². The molecule has 0 unspecified atom stereocenters. The summed E-state index contributed by atoms with van der Waals surface area (Å²) in [6.45, 7) is 4.82. The SMILES string of the molecule is Cc1ccc2[nH]c(C(C)(C)F)nc2n1. The molecule has 0 aliphatic carbocycles. The van der Waals surface area contributed by atoms with Crippen molar-refractivity contribution in [1.29, 1.82) is 0 Å². The Morgan fingerprint density at radius 1 is 1.29 bits per heavy atom. The van der Waals surface area contributed by atoms with Gasteiger partial charge < -0.3 is 4.98 Å². The summed E-state index contributed by atoms with van der Waals surface area (Å²) in [5.41, 5.74) is 0.781. The van der Waals surface area contributed by atoms with Gasteiger partial charge in [-0.2, -0.15) is 0 Å². The van der Waals surface area contributed by atoms with Crippen LogP contribution in [0.15, 0.2) is 12.1 Å². The number of hydrogen-bond acceptors (Lipinski definition) is 2. The van der Waals surface area contributed by atoms with Crippen LogP contribution in [0.3, 0.4) is 0 Å². The number of nitrogens with one attached hydrogen (secondary N) is 1. The van der Waals surface area contributed by atoms with Gasteiger partial charge in [-0.3, -0.25) is 0 Å². The Balaban J connectivity index is 2.63. The maximum absolute atomic E-state index is 13.5. The Bertz CT molecular complexity index is 468. The van der Waals surface area contributed by atoms with Crippen molar-refractivity contribution < 1.29 is 4.39 Å². The number of H-pyrrole nitrogens is 1. The average Bonchev–Trinajstić information content (AvgIpc) is 2.45. The number of hydrogen-bond donors (Lipinski definition) is 1. The van der Waals surface area contributed by atoms with E-state index in [1.165, 1.54) is 13.8 Å². The number of imidazole rings is 1. The predicted molar refractivity (Wildman–Crippen MR) is 52.8 cm³/mol. The van der Waals surface area contributed by atoms with Gasteiger partial charge >= 0.3 is 0 Å². The van der Waals surface area contributed by atoms with Crippen molar-refractivity contribution in [2.24, 2.45) is 0 Å². The molecule has 0 spiro atoms. The molecule has 1 N–H and O–H groups in total. The molecule has 0 fully saturated rings. The molecular weight excluding hydrogens is 181 g/mol. The molecule has 3 nitrogen and oxygen atoms in total. The Morgan fingerprint density at radius 2 is 2.00 bits per heavy atom. The summed E-state index contributed by atoms with van der Waals surface area (Å²) in [4.78, 5) is 11.2. The van der Waals surface area contributed by atoms with E-state index in [1.54, 1.807) is 0 Å². The van der Waals surface area contributed by atoms with E-state index in [9.17, 15) is 4.39 Å². The topological polar surface area (TPSA) is 41.6 Å². The largest absolute Gasteiger partial charge is 0.338 e. The van der Waals surface area contributed by atoms with E-state index in [-0.39, 0.29) is 0 Å². The molecule has 14 heavy (non-hydrogen) atoms. The molecule has 74 valence electrons. The van der Waals surface area contributed by atoms with Gasteiger partial charge in [-0.25, -0.2) is 14.4 Å².